The number of sulfonamides is 1. The lowest BCUT2D eigenvalue weighted by Crippen LogP contribution is -2.45. The minimum atomic E-state index is -4.66. The Morgan fingerprint density at radius 3 is 2.25 bits per heavy atom. The normalized spacial score (nSPS) is 14.3. The Bertz CT molecular complexity index is 833. The molecule has 1 heterocycles. The van der Waals surface area contributed by atoms with Crippen molar-refractivity contribution in [3.05, 3.63) is 36.0 Å². The van der Waals surface area contributed by atoms with Crippen molar-refractivity contribution in [3.8, 4) is 0 Å². The highest BCUT2D eigenvalue weighted by atomic mass is 32.2. The van der Waals surface area contributed by atoms with Gasteiger partial charge in [0.05, 0.1) is 0 Å². The number of fused-ring (bicyclic) bond motifs is 1. The molecule has 0 saturated carbocycles. The smallest absolute Gasteiger partial charge is 0.243 e. The van der Waals surface area contributed by atoms with Crippen LogP contribution in [0.1, 0.15) is 38.7 Å². The van der Waals surface area contributed by atoms with Crippen molar-refractivity contribution in [2.24, 2.45) is 0 Å². The monoisotopic (exact) mass is 360 g/mol. The van der Waals surface area contributed by atoms with E-state index in [1.165, 1.54) is 13.1 Å². The molecular formula is C16H19F3N2O2S. The van der Waals surface area contributed by atoms with Gasteiger partial charge < -0.3 is 0 Å². The number of aromatic nitrogens is 1. The highest BCUT2D eigenvalue weighted by molar-refractivity contribution is 7.89. The summed E-state index contributed by atoms with van der Waals surface area (Å²) < 4.78 is 65.4. The molecule has 0 fully saturated rings. The van der Waals surface area contributed by atoms with Crippen LogP contribution < -0.4 is 4.72 Å². The molecular weight excluding hydrogens is 341 g/mol. The molecule has 8 heteroatoms. The van der Waals surface area contributed by atoms with Crippen LogP contribution in [0.2, 0.25) is 0 Å². The van der Waals surface area contributed by atoms with Crippen LogP contribution in [0.3, 0.4) is 0 Å². The predicted molar refractivity (Wildman–Crippen MR) is 86.3 cm³/mol. The second kappa shape index (κ2) is 6.68. The molecule has 2 aromatic rings. The number of benzene rings is 1. The van der Waals surface area contributed by atoms with E-state index in [2.05, 4.69) is 4.98 Å². The summed E-state index contributed by atoms with van der Waals surface area (Å²) in [6.07, 6.45) is -3.64. The first-order valence-corrected chi connectivity index (χ1v) is 9.03. The lowest BCUT2D eigenvalue weighted by molar-refractivity contribution is -0.151. The number of pyridine rings is 1. The number of hydrogen-bond acceptors (Lipinski definition) is 3. The summed E-state index contributed by atoms with van der Waals surface area (Å²) in [6.45, 7) is 5.15. The summed E-state index contributed by atoms with van der Waals surface area (Å²) in [7, 11) is -4.40. The number of nitrogens with one attached hydrogen (secondary N) is 1. The van der Waals surface area contributed by atoms with Gasteiger partial charge in [0.1, 0.15) is 6.04 Å². The van der Waals surface area contributed by atoms with Crippen molar-refractivity contribution in [1.82, 2.24) is 9.71 Å². The maximum atomic E-state index is 12.9. The van der Waals surface area contributed by atoms with E-state index < -0.39 is 28.7 Å². The molecule has 0 unspecified atom stereocenters. The van der Waals surface area contributed by atoms with Gasteiger partial charge in [-0.25, -0.2) is 13.4 Å². The minimum Gasteiger partial charge on any atom is -0.243 e. The summed E-state index contributed by atoms with van der Waals surface area (Å²) in [6, 6.07) is 4.54. The Morgan fingerprint density at radius 1 is 1.17 bits per heavy atom. The topological polar surface area (TPSA) is 59.1 Å². The van der Waals surface area contributed by atoms with Gasteiger partial charge in [-0.1, -0.05) is 45.0 Å². The minimum absolute atomic E-state index is 0.102. The molecule has 0 aliphatic heterocycles. The molecule has 1 atom stereocenters. The van der Waals surface area contributed by atoms with Crippen LogP contribution in [-0.2, 0) is 10.0 Å². The van der Waals surface area contributed by atoms with Crippen LogP contribution in [0.15, 0.2) is 35.5 Å². The molecule has 0 amide bonds. The van der Waals surface area contributed by atoms with Crippen LogP contribution in [0.25, 0.3) is 10.8 Å². The lowest BCUT2D eigenvalue weighted by Gasteiger charge is -2.20. The fourth-order valence-corrected chi connectivity index (χ4v) is 3.93. The Labute approximate surface area is 139 Å². The van der Waals surface area contributed by atoms with E-state index in [0.29, 0.717) is 10.8 Å². The number of halogens is 3. The molecule has 0 aliphatic carbocycles. The number of rotatable bonds is 5. The second-order valence-corrected chi connectivity index (χ2v) is 7.47. The Morgan fingerprint density at radius 2 is 1.75 bits per heavy atom. The molecule has 0 bridgehead atoms. The van der Waals surface area contributed by atoms with Crippen LogP contribution in [0, 0.1) is 0 Å². The van der Waals surface area contributed by atoms with Crippen molar-refractivity contribution >= 4 is 20.8 Å². The van der Waals surface area contributed by atoms with Crippen molar-refractivity contribution in [2.45, 2.75) is 50.4 Å². The van der Waals surface area contributed by atoms with Crippen molar-refractivity contribution in [1.29, 1.82) is 0 Å². The first-order valence-electron chi connectivity index (χ1n) is 7.54. The second-order valence-electron chi connectivity index (χ2n) is 5.84. The van der Waals surface area contributed by atoms with E-state index in [1.807, 2.05) is 13.8 Å². The molecule has 24 heavy (non-hydrogen) atoms. The molecule has 0 radical (unpaired) electrons. The van der Waals surface area contributed by atoms with Crippen molar-refractivity contribution in [2.75, 3.05) is 0 Å². The van der Waals surface area contributed by atoms with Gasteiger partial charge in [-0.2, -0.15) is 17.9 Å². The Hall–Kier alpha value is -1.67. The molecule has 0 aliphatic rings. The van der Waals surface area contributed by atoms with Crippen molar-refractivity contribution < 1.29 is 21.6 Å². The molecule has 132 valence electrons. The van der Waals surface area contributed by atoms with Gasteiger partial charge >= 0.3 is 6.18 Å². The van der Waals surface area contributed by atoms with E-state index in [0.717, 1.165) is 5.56 Å². The third-order valence-electron chi connectivity index (χ3n) is 3.77. The summed E-state index contributed by atoms with van der Waals surface area (Å²) in [5.41, 5.74) is 0.840. The van der Waals surface area contributed by atoms with Crippen LogP contribution in [-0.4, -0.2) is 25.6 Å². The zero-order chi connectivity index (χ0) is 18.1. The van der Waals surface area contributed by atoms with E-state index in [4.69, 9.17) is 0 Å². The van der Waals surface area contributed by atoms with Crippen molar-refractivity contribution in [3.63, 3.8) is 0 Å². The number of alkyl halides is 3. The molecule has 2 rings (SSSR count). The zero-order valence-electron chi connectivity index (χ0n) is 13.6. The predicted octanol–water partition coefficient (Wildman–Crippen LogP) is 3.98. The summed E-state index contributed by atoms with van der Waals surface area (Å²) in [5.74, 6) is 0.102. The van der Waals surface area contributed by atoms with Gasteiger partial charge in [0.25, 0.3) is 10.0 Å². The first kappa shape index (κ1) is 18.7. The molecule has 4 nitrogen and oxygen atoms in total. The average molecular weight is 360 g/mol. The number of nitrogens with zero attached hydrogens (tertiary/aromatic N) is 1. The maximum absolute atomic E-state index is 12.9. The first-order chi connectivity index (χ1) is 11.1. The highest BCUT2D eigenvalue weighted by Gasteiger charge is 2.41. The fourth-order valence-electron chi connectivity index (χ4n) is 2.49. The van der Waals surface area contributed by atoms with Crippen LogP contribution in [0.4, 0.5) is 13.2 Å². The van der Waals surface area contributed by atoms with Gasteiger partial charge in [0.15, 0.2) is 5.03 Å². The van der Waals surface area contributed by atoms with E-state index in [1.54, 1.807) is 29.0 Å². The molecule has 1 aromatic carbocycles. The van der Waals surface area contributed by atoms with E-state index in [9.17, 15) is 21.6 Å². The van der Waals surface area contributed by atoms with E-state index >= 15 is 0 Å². The fraction of sp³-hybridized carbons (Fsp3) is 0.438. The lowest BCUT2D eigenvalue weighted by atomic mass is 9.99. The van der Waals surface area contributed by atoms with E-state index in [-0.39, 0.29) is 10.9 Å². The zero-order valence-corrected chi connectivity index (χ0v) is 14.4. The van der Waals surface area contributed by atoms with Crippen LogP contribution in [0.5, 0.6) is 0 Å². The van der Waals surface area contributed by atoms with Crippen LogP contribution >= 0.6 is 0 Å². The van der Waals surface area contributed by atoms with Gasteiger partial charge in [-0.15, -0.1) is 0 Å². The Kier molecular flexibility index (Phi) is 5.19. The molecule has 1 N–H and O–H groups in total. The summed E-state index contributed by atoms with van der Waals surface area (Å²) in [4.78, 5) is 3.95. The summed E-state index contributed by atoms with van der Waals surface area (Å²) in [5, 5.41) is 0.598. The van der Waals surface area contributed by atoms with Gasteiger partial charge in [-0.05, 0) is 23.3 Å². The number of hydrogen-bond donors (Lipinski definition) is 1. The SMILES string of the molecule is CC[C@H](NS(=O)(=O)c1ncc(C(C)C)c2ccccc12)C(F)(F)F. The highest BCUT2D eigenvalue weighted by Crippen LogP contribution is 2.30. The summed E-state index contributed by atoms with van der Waals surface area (Å²) >= 11 is 0. The van der Waals surface area contributed by atoms with Gasteiger partial charge in [0.2, 0.25) is 0 Å². The standard InChI is InChI=1S/C16H19F3N2O2S/c1-4-14(16(17,18)19)21-24(22,23)15-12-8-6-5-7-11(12)13(9-20-15)10(2)3/h5-10,14,21H,4H2,1-3H3/t14-/m0/s1. The third kappa shape index (κ3) is 3.70. The van der Waals surface area contributed by atoms with Gasteiger partial charge in [-0.3, -0.25) is 0 Å². The quantitative estimate of drug-likeness (QED) is 0.877. The largest absolute Gasteiger partial charge is 0.404 e. The average Bonchev–Trinajstić information content (AvgIpc) is 2.50. The molecule has 1 aromatic heterocycles. The third-order valence-corrected chi connectivity index (χ3v) is 5.20. The maximum Gasteiger partial charge on any atom is 0.404 e. The van der Waals surface area contributed by atoms with Gasteiger partial charge in [0, 0.05) is 11.6 Å². The molecule has 0 spiro atoms. The Balaban J connectivity index is 2.58. The molecule has 0 saturated heterocycles.